The smallest absolute Gasteiger partial charge is 0.406 e. The van der Waals surface area contributed by atoms with Crippen molar-refractivity contribution in [2.75, 3.05) is 0 Å². The molecule has 0 unspecified atom stereocenters. The van der Waals surface area contributed by atoms with E-state index in [-0.39, 0.29) is 18.0 Å². The number of benzene rings is 1. The molecule has 1 aromatic rings. The Kier molecular flexibility index (Phi) is 5.44. The van der Waals surface area contributed by atoms with E-state index in [4.69, 9.17) is 5.73 Å². The van der Waals surface area contributed by atoms with E-state index in [0.717, 1.165) is 18.2 Å². The van der Waals surface area contributed by atoms with Crippen LogP contribution in [0.5, 0.6) is 5.75 Å². The Morgan fingerprint density at radius 1 is 1.35 bits per heavy atom. The van der Waals surface area contributed by atoms with Gasteiger partial charge in [0.05, 0.1) is 6.04 Å². The number of halogens is 5. The van der Waals surface area contributed by atoms with Gasteiger partial charge >= 0.3 is 6.36 Å². The van der Waals surface area contributed by atoms with Crippen LogP contribution in [0.2, 0.25) is 0 Å². The van der Waals surface area contributed by atoms with Crippen molar-refractivity contribution in [1.82, 2.24) is 0 Å². The van der Waals surface area contributed by atoms with Crippen molar-refractivity contribution < 1.29 is 22.3 Å². The normalized spacial score (nSPS) is 12.5. The molecule has 0 aliphatic heterocycles. The van der Waals surface area contributed by atoms with Crippen molar-refractivity contribution >= 4 is 12.4 Å². The summed E-state index contributed by atoms with van der Waals surface area (Å²) in [6.45, 7) is 3.33. The number of ether oxygens (including phenoxy) is 1. The fourth-order valence-electron chi connectivity index (χ4n) is 1.10. The van der Waals surface area contributed by atoms with Crippen LogP contribution in [-0.4, -0.2) is 6.36 Å². The molecule has 1 atom stereocenters. The minimum atomic E-state index is -4.81. The van der Waals surface area contributed by atoms with Gasteiger partial charge < -0.3 is 10.5 Å². The first-order valence-electron chi connectivity index (χ1n) is 4.27. The number of hydrogen-bond acceptors (Lipinski definition) is 2. The molecule has 0 aliphatic rings. The van der Waals surface area contributed by atoms with E-state index in [1.807, 2.05) is 0 Å². The molecule has 0 saturated heterocycles. The Morgan fingerprint density at radius 3 is 2.41 bits per heavy atom. The lowest BCUT2D eigenvalue weighted by atomic mass is 10.1. The number of rotatable bonds is 3. The molecule has 96 valence electrons. The van der Waals surface area contributed by atoms with Crippen molar-refractivity contribution in [2.24, 2.45) is 5.73 Å². The first-order chi connectivity index (χ1) is 7.33. The highest BCUT2D eigenvalue weighted by molar-refractivity contribution is 5.85. The minimum absolute atomic E-state index is 0. The molecule has 0 aliphatic carbocycles. The fourth-order valence-corrected chi connectivity index (χ4v) is 1.10. The molecule has 2 nitrogen and oxygen atoms in total. The lowest BCUT2D eigenvalue weighted by Crippen LogP contribution is -2.18. The van der Waals surface area contributed by atoms with E-state index in [9.17, 15) is 17.6 Å². The number of nitrogens with two attached hydrogens (primary N) is 1. The molecule has 0 fully saturated rings. The average Bonchev–Trinajstić information content (AvgIpc) is 2.18. The van der Waals surface area contributed by atoms with Gasteiger partial charge in [-0.3, -0.25) is 0 Å². The van der Waals surface area contributed by atoms with Crippen LogP contribution in [0.3, 0.4) is 0 Å². The highest BCUT2D eigenvalue weighted by Gasteiger charge is 2.31. The third kappa shape index (κ3) is 4.62. The molecule has 1 rings (SSSR count). The molecule has 0 saturated carbocycles. The number of alkyl halides is 3. The second kappa shape index (κ2) is 5.88. The van der Waals surface area contributed by atoms with Gasteiger partial charge in [-0.15, -0.1) is 32.2 Å². The second-order valence-electron chi connectivity index (χ2n) is 2.99. The lowest BCUT2D eigenvalue weighted by molar-refractivity contribution is -0.274. The van der Waals surface area contributed by atoms with Gasteiger partial charge in [0.25, 0.3) is 0 Å². The predicted octanol–water partition coefficient (Wildman–Crippen LogP) is 3.33. The first kappa shape index (κ1) is 15.7. The van der Waals surface area contributed by atoms with Gasteiger partial charge in [0.1, 0.15) is 11.6 Å². The summed E-state index contributed by atoms with van der Waals surface area (Å²) >= 11 is 0. The van der Waals surface area contributed by atoms with Gasteiger partial charge in [0, 0.05) is 5.56 Å². The Bertz CT molecular complexity index is 394. The molecule has 17 heavy (non-hydrogen) atoms. The largest absolute Gasteiger partial charge is 0.573 e. The molecule has 2 N–H and O–H groups in total. The van der Waals surface area contributed by atoms with E-state index >= 15 is 0 Å². The fraction of sp³-hybridized carbons (Fsp3) is 0.200. The molecule has 7 heteroatoms. The molecule has 0 heterocycles. The number of hydrogen-bond donors (Lipinski definition) is 1. The summed E-state index contributed by atoms with van der Waals surface area (Å²) in [6, 6.07) is 1.76. The summed E-state index contributed by atoms with van der Waals surface area (Å²) in [5, 5.41) is 0. The molecular formula is C10H10ClF4NO. The third-order valence-corrected chi connectivity index (χ3v) is 1.81. The second-order valence-corrected chi connectivity index (χ2v) is 2.99. The summed E-state index contributed by atoms with van der Waals surface area (Å²) < 4.78 is 52.5. The summed E-state index contributed by atoms with van der Waals surface area (Å²) in [5.74, 6) is -1.22. The zero-order chi connectivity index (χ0) is 12.3. The van der Waals surface area contributed by atoms with Crippen LogP contribution in [0.4, 0.5) is 17.6 Å². The molecule has 0 aromatic heterocycles. The monoisotopic (exact) mass is 271 g/mol. The van der Waals surface area contributed by atoms with Crippen molar-refractivity contribution in [3.63, 3.8) is 0 Å². The summed E-state index contributed by atoms with van der Waals surface area (Å²) in [6.07, 6.45) is -3.59. The van der Waals surface area contributed by atoms with Gasteiger partial charge in [0.2, 0.25) is 0 Å². The zero-order valence-corrected chi connectivity index (χ0v) is 9.32. The van der Waals surface area contributed by atoms with Gasteiger partial charge in [-0.05, 0) is 18.2 Å². The molecular weight excluding hydrogens is 262 g/mol. The van der Waals surface area contributed by atoms with E-state index in [0.29, 0.717) is 0 Å². The molecule has 0 radical (unpaired) electrons. The van der Waals surface area contributed by atoms with E-state index in [1.54, 1.807) is 0 Å². The van der Waals surface area contributed by atoms with E-state index in [2.05, 4.69) is 11.3 Å². The maximum absolute atomic E-state index is 13.2. The topological polar surface area (TPSA) is 35.2 Å². The maximum atomic E-state index is 13.2. The molecule has 0 amide bonds. The highest BCUT2D eigenvalue weighted by atomic mass is 35.5. The Balaban J connectivity index is 0.00000256. The molecule has 0 bridgehead atoms. The Labute approximate surface area is 101 Å². The predicted molar refractivity (Wildman–Crippen MR) is 57.5 cm³/mol. The van der Waals surface area contributed by atoms with Gasteiger partial charge in [-0.2, -0.15) is 0 Å². The summed E-state index contributed by atoms with van der Waals surface area (Å²) in [7, 11) is 0. The van der Waals surface area contributed by atoms with Crippen LogP contribution in [0.25, 0.3) is 0 Å². The summed E-state index contributed by atoms with van der Waals surface area (Å²) in [4.78, 5) is 0. The lowest BCUT2D eigenvalue weighted by Gasteiger charge is -2.12. The molecule has 0 spiro atoms. The van der Waals surface area contributed by atoms with Crippen molar-refractivity contribution in [3.8, 4) is 5.75 Å². The van der Waals surface area contributed by atoms with E-state index in [1.165, 1.54) is 6.08 Å². The van der Waals surface area contributed by atoms with E-state index < -0.39 is 24.0 Å². The van der Waals surface area contributed by atoms with Crippen LogP contribution < -0.4 is 10.5 Å². The summed E-state index contributed by atoms with van der Waals surface area (Å²) in [5.41, 5.74) is 5.33. The third-order valence-electron chi connectivity index (χ3n) is 1.81. The first-order valence-corrected chi connectivity index (χ1v) is 4.27. The zero-order valence-electron chi connectivity index (χ0n) is 8.50. The Hall–Kier alpha value is -1.27. The Morgan fingerprint density at radius 2 is 1.94 bits per heavy atom. The molecule has 1 aromatic carbocycles. The minimum Gasteiger partial charge on any atom is -0.406 e. The van der Waals surface area contributed by atoms with Crippen molar-refractivity contribution in [1.29, 1.82) is 0 Å². The van der Waals surface area contributed by atoms with Crippen LogP contribution in [0.15, 0.2) is 30.9 Å². The van der Waals surface area contributed by atoms with Crippen molar-refractivity contribution in [3.05, 3.63) is 42.2 Å². The van der Waals surface area contributed by atoms with Crippen LogP contribution in [0, 0.1) is 5.82 Å². The standard InChI is InChI=1S/C10H9F4NO.ClH/c1-2-9(15)7-5-6(3-4-8(7)11)16-10(12,13)14;/h2-5,9H,1,15H2;1H/t9-;/m0./s1. The maximum Gasteiger partial charge on any atom is 0.573 e. The van der Waals surface area contributed by atoms with Gasteiger partial charge in [0.15, 0.2) is 0 Å². The highest BCUT2D eigenvalue weighted by Crippen LogP contribution is 2.26. The SMILES string of the molecule is C=C[C@H](N)c1cc(OC(F)(F)F)ccc1F.Cl. The van der Waals surface area contributed by atoms with Gasteiger partial charge in [-0.1, -0.05) is 6.08 Å². The van der Waals surface area contributed by atoms with Crippen molar-refractivity contribution in [2.45, 2.75) is 12.4 Å². The van der Waals surface area contributed by atoms with Crippen LogP contribution >= 0.6 is 12.4 Å². The quantitative estimate of drug-likeness (QED) is 0.676. The van der Waals surface area contributed by atoms with Gasteiger partial charge in [-0.25, -0.2) is 4.39 Å². The van der Waals surface area contributed by atoms with Crippen LogP contribution in [0.1, 0.15) is 11.6 Å². The average molecular weight is 272 g/mol. The van der Waals surface area contributed by atoms with Crippen LogP contribution in [-0.2, 0) is 0 Å².